The molecule has 4 nitrogen and oxygen atoms in total. The number of benzene rings is 1. The Morgan fingerprint density at radius 3 is 3.00 bits per heavy atom. The average molecular weight is 348 g/mol. The van der Waals surface area contributed by atoms with Crippen LogP contribution in [-0.4, -0.2) is 27.9 Å². The number of halogens is 1. The first-order valence-electron chi connectivity index (χ1n) is 6.29. The minimum absolute atomic E-state index is 0.0874. The fourth-order valence-corrected chi connectivity index (χ4v) is 4.08. The second-order valence-corrected chi connectivity index (χ2v) is 7.51. The number of nitrogens with one attached hydrogen (secondary N) is 1. The van der Waals surface area contributed by atoms with Crippen molar-refractivity contribution in [2.45, 2.75) is 25.3 Å². The molecular weight excluding hydrogens is 330 g/mol. The SMILES string of the molecule is COCCCS(=O)(=O)N[C@@H]1CCc2cc(Br)ccc21. The highest BCUT2D eigenvalue weighted by molar-refractivity contribution is 9.10. The fraction of sp³-hybridized carbons (Fsp3) is 0.538. The number of sulfonamides is 1. The van der Waals surface area contributed by atoms with Crippen molar-refractivity contribution in [1.82, 2.24) is 4.72 Å². The van der Waals surface area contributed by atoms with Gasteiger partial charge in [-0.1, -0.05) is 22.0 Å². The first kappa shape index (κ1) is 15.0. The van der Waals surface area contributed by atoms with Crippen LogP contribution in [0.5, 0.6) is 0 Å². The summed E-state index contributed by atoms with van der Waals surface area (Å²) in [6, 6.07) is 5.93. The Labute approximate surface area is 122 Å². The maximum atomic E-state index is 12.0. The van der Waals surface area contributed by atoms with Gasteiger partial charge in [-0.3, -0.25) is 0 Å². The van der Waals surface area contributed by atoms with Crippen LogP contribution in [0.3, 0.4) is 0 Å². The monoisotopic (exact) mass is 347 g/mol. The van der Waals surface area contributed by atoms with Crippen LogP contribution in [0.25, 0.3) is 0 Å². The summed E-state index contributed by atoms with van der Waals surface area (Å²) in [6.07, 6.45) is 2.26. The highest BCUT2D eigenvalue weighted by atomic mass is 79.9. The number of hydrogen-bond acceptors (Lipinski definition) is 3. The molecule has 2 rings (SSSR count). The molecular formula is C13H18BrNO3S. The van der Waals surface area contributed by atoms with E-state index in [-0.39, 0.29) is 11.8 Å². The molecule has 0 spiro atoms. The highest BCUT2D eigenvalue weighted by Gasteiger charge is 2.26. The second kappa shape index (κ2) is 6.35. The summed E-state index contributed by atoms with van der Waals surface area (Å²) >= 11 is 3.44. The summed E-state index contributed by atoms with van der Waals surface area (Å²) in [6.45, 7) is 0.467. The quantitative estimate of drug-likeness (QED) is 0.804. The van der Waals surface area contributed by atoms with Gasteiger partial charge >= 0.3 is 0 Å². The minimum atomic E-state index is -3.23. The van der Waals surface area contributed by atoms with Crippen LogP contribution in [0.1, 0.15) is 30.0 Å². The van der Waals surface area contributed by atoms with Gasteiger partial charge in [-0.2, -0.15) is 0 Å². The van der Waals surface area contributed by atoms with Crippen molar-refractivity contribution in [1.29, 1.82) is 0 Å². The van der Waals surface area contributed by atoms with Gasteiger partial charge in [0, 0.05) is 24.2 Å². The molecule has 1 aromatic carbocycles. The third-order valence-corrected chi connectivity index (χ3v) is 5.23. The van der Waals surface area contributed by atoms with Crippen LogP contribution in [0.15, 0.2) is 22.7 Å². The third kappa shape index (κ3) is 4.02. The van der Waals surface area contributed by atoms with Crippen LogP contribution in [0, 0.1) is 0 Å². The summed E-state index contributed by atoms with van der Waals surface area (Å²) in [5, 5.41) is 0. The van der Waals surface area contributed by atoms with Crippen molar-refractivity contribution in [3.63, 3.8) is 0 Å². The average Bonchev–Trinajstić information content (AvgIpc) is 2.71. The van der Waals surface area contributed by atoms with Crippen LogP contribution in [0.2, 0.25) is 0 Å². The normalized spacial score (nSPS) is 18.5. The summed E-state index contributed by atoms with van der Waals surface area (Å²) in [4.78, 5) is 0. The molecule has 0 bridgehead atoms. The highest BCUT2D eigenvalue weighted by Crippen LogP contribution is 2.33. The molecule has 6 heteroatoms. The molecule has 0 unspecified atom stereocenters. The van der Waals surface area contributed by atoms with Crippen molar-refractivity contribution in [3.8, 4) is 0 Å². The number of rotatable bonds is 6. The molecule has 0 radical (unpaired) electrons. The Morgan fingerprint density at radius 2 is 2.26 bits per heavy atom. The first-order valence-corrected chi connectivity index (χ1v) is 8.73. The summed E-state index contributed by atoms with van der Waals surface area (Å²) in [7, 11) is -1.66. The molecule has 0 saturated carbocycles. The van der Waals surface area contributed by atoms with Gasteiger partial charge in [0.05, 0.1) is 5.75 Å². The Hall–Kier alpha value is -0.430. The topological polar surface area (TPSA) is 55.4 Å². The zero-order valence-corrected chi connectivity index (χ0v) is 13.3. The summed E-state index contributed by atoms with van der Waals surface area (Å²) in [5.74, 6) is 0.114. The van der Waals surface area contributed by atoms with E-state index >= 15 is 0 Å². The Bertz CT molecular complexity index is 545. The summed E-state index contributed by atoms with van der Waals surface area (Å²) in [5.41, 5.74) is 2.32. The van der Waals surface area contributed by atoms with Crippen LogP contribution >= 0.6 is 15.9 Å². The standard InChI is InChI=1S/C13H18BrNO3S/c1-18-7-2-8-19(16,17)15-13-6-3-10-9-11(14)4-5-12(10)13/h4-5,9,13,15H,2-3,6-8H2,1H3/t13-/m1/s1. The predicted molar refractivity (Wildman–Crippen MR) is 78.6 cm³/mol. The number of fused-ring (bicyclic) bond motifs is 1. The molecule has 0 amide bonds. The molecule has 0 aromatic heterocycles. The zero-order valence-electron chi connectivity index (χ0n) is 10.9. The zero-order chi connectivity index (χ0) is 13.9. The van der Waals surface area contributed by atoms with Crippen LogP contribution in [0.4, 0.5) is 0 Å². The smallest absolute Gasteiger partial charge is 0.212 e. The Morgan fingerprint density at radius 1 is 1.47 bits per heavy atom. The largest absolute Gasteiger partial charge is 0.385 e. The van der Waals surface area contributed by atoms with Crippen molar-refractivity contribution in [3.05, 3.63) is 33.8 Å². The Kier molecular flexibility index (Phi) is 5.00. The molecule has 0 aliphatic heterocycles. The van der Waals surface area contributed by atoms with E-state index in [4.69, 9.17) is 4.74 Å². The van der Waals surface area contributed by atoms with Gasteiger partial charge in [0.1, 0.15) is 0 Å². The fourth-order valence-electron chi connectivity index (χ4n) is 2.38. The van der Waals surface area contributed by atoms with Gasteiger partial charge in [-0.15, -0.1) is 0 Å². The van der Waals surface area contributed by atoms with E-state index < -0.39 is 10.0 Å². The van der Waals surface area contributed by atoms with Gasteiger partial charge in [0.25, 0.3) is 0 Å². The van der Waals surface area contributed by atoms with Gasteiger partial charge in [0.2, 0.25) is 10.0 Å². The number of ether oxygens (including phenoxy) is 1. The molecule has 1 aliphatic rings. The van der Waals surface area contributed by atoms with Gasteiger partial charge in [0.15, 0.2) is 0 Å². The van der Waals surface area contributed by atoms with E-state index in [2.05, 4.69) is 26.7 Å². The van der Waals surface area contributed by atoms with Crippen molar-refractivity contribution >= 4 is 26.0 Å². The molecule has 1 aliphatic carbocycles. The molecule has 0 saturated heterocycles. The third-order valence-electron chi connectivity index (χ3n) is 3.27. The first-order chi connectivity index (χ1) is 9.02. The van der Waals surface area contributed by atoms with E-state index in [1.165, 1.54) is 5.56 Å². The number of hydrogen-bond donors (Lipinski definition) is 1. The molecule has 0 fully saturated rings. The number of aryl methyl sites for hydroxylation is 1. The van der Waals surface area contributed by atoms with Gasteiger partial charge in [-0.25, -0.2) is 13.1 Å². The minimum Gasteiger partial charge on any atom is -0.385 e. The predicted octanol–water partition coefficient (Wildman–Crippen LogP) is 2.39. The van der Waals surface area contributed by atoms with Crippen molar-refractivity contribution in [2.24, 2.45) is 0 Å². The second-order valence-electron chi connectivity index (χ2n) is 4.72. The molecule has 1 aromatic rings. The maximum Gasteiger partial charge on any atom is 0.212 e. The maximum absolute atomic E-state index is 12.0. The molecule has 0 heterocycles. The van der Waals surface area contributed by atoms with Gasteiger partial charge in [-0.05, 0) is 42.5 Å². The summed E-state index contributed by atoms with van der Waals surface area (Å²) < 4.78 is 32.6. The molecule has 106 valence electrons. The van der Waals surface area contributed by atoms with E-state index in [9.17, 15) is 8.42 Å². The van der Waals surface area contributed by atoms with Crippen LogP contribution in [-0.2, 0) is 21.2 Å². The van der Waals surface area contributed by atoms with Gasteiger partial charge < -0.3 is 4.74 Å². The van der Waals surface area contributed by atoms with E-state index in [1.54, 1.807) is 7.11 Å². The lowest BCUT2D eigenvalue weighted by molar-refractivity contribution is 0.199. The van der Waals surface area contributed by atoms with E-state index in [0.29, 0.717) is 13.0 Å². The Balaban J connectivity index is 2.02. The van der Waals surface area contributed by atoms with Crippen molar-refractivity contribution < 1.29 is 13.2 Å². The molecule has 19 heavy (non-hydrogen) atoms. The molecule has 1 N–H and O–H groups in total. The lowest BCUT2D eigenvalue weighted by Crippen LogP contribution is -2.30. The van der Waals surface area contributed by atoms with E-state index in [1.807, 2.05) is 12.1 Å². The van der Waals surface area contributed by atoms with Crippen molar-refractivity contribution in [2.75, 3.05) is 19.5 Å². The lowest BCUT2D eigenvalue weighted by Gasteiger charge is -2.14. The van der Waals surface area contributed by atoms with Crippen LogP contribution < -0.4 is 4.72 Å². The van der Waals surface area contributed by atoms with E-state index in [0.717, 1.165) is 22.9 Å². The lowest BCUT2D eigenvalue weighted by atomic mass is 10.1. The number of methoxy groups -OCH3 is 1. The molecule has 1 atom stereocenters.